The molecule has 0 bridgehead atoms. The van der Waals surface area contributed by atoms with Crippen LogP contribution in [0.25, 0.3) is 0 Å². The molecule has 0 aliphatic rings. The number of hydrogen-bond donors (Lipinski definition) is 0. The number of nitro benzene ring substituents is 1. The molecular formula is C8H8BrNO2. The first-order valence-corrected chi connectivity index (χ1v) is 4.57. The van der Waals surface area contributed by atoms with Crippen molar-refractivity contribution in [1.82, 2.24) is 0 Å². The van der Waals surface area contributed by atoms with Crippen LogP contribution in [-0.2, 0) is 5.33 Å². The Kier molecular flexibility index (Phi) is 2.81. The molecule has 0 atom stereocenters. The predicted molar refractivity (Wildman–Crippen MR) is 50.5 cm³/mol. The van der Waals surface area contributed by atoms with Gasteiger partial charge < -0.3 is 0 Å². The van der Waals surface area contributed by atoms with Crippen LogP contribution >= 0.6 is 15.9 Å². The van der Waals surface area contributed by atoms with Crippen LogP contribution in [0.4, 0.5) is 5.69 Å². The molecule has 64 valence electrons. The first-order valence-electron chi connectivity index (χ1n) is 3.45. The van der Waals surface area contributed by atoms with Crippen molar-refractivity contribution in [3.8, 4) is 0 Å². The molecule has 0 fully saturated rings. The summed E-state index contributed by atoms with van der Waals surface area (Å²) in [5, 5.41) is 11.0. The summed E-state index contributed by atoms with van der Waals surface area (Å²) < 4.78 is 0. The van der Waals surface area contributed by atoms with Crippen LogP contribution in [0, 0.1) is 17.0 Å². The molecule has 0 saturated carbocycles. The van der Waals surface area contributed by atoms with Crippen molar-refractivity contribution < 1.29 is 4.92 Å². The Morgan fingerprint density at radius 1 is 1.58 bits per heavy atom. The van der Waals surface area contributed by atoms with Gasteiger partial charge in [-0.25, -0.2) is 0 Å². The van der Waals surface area contributed by atoms with E-state index in [1.165, 1.54) is 6.07 Å². The largest absolute Gasteiger partial charge is 0.269 e. The fourth-order valence-electron chi connectivity index (χ4n) is 0.915. The van der Waals surface area contributed by atoms with Crippen molar-refractivity contribution in [2.45, 2.75) is 12.3 Å². The fraction of sp³-hybridized carbons (Fsp3) is 0.250. The number of alkyl halides is 1. The third-order valence-corrected chi connectivity index (χ3v) is 2.29. The Morgan fingerprint density at radius 3 is 2.75 bits per heavy atom. The quantitative estimate of drug-likeness (QED) is 0.445. The molecule has 0 saturated heterocycles. The second-order valence-electron chi connectivity index (χ2n) is 2.50. The summed E-state index contributed by atoms with van der Waals surface area (Å²) in [5.74, 6) is 0. The molecule has 0 unspecified atom stereocenters. The van der Waals surface area contributed by atoms with E-state index in [1.54, 1.807) is 12.1 Å². The van der Waals surface area contributed by atoms with Gasteiger partial charge in [-0.15, -0.1) is 0 Å². The van der Waals surface area contributed by atoms with Crippen LogP contribution in [0.5, 0.6) is 0 Å². The molecule has 0 spiro atoms. The van der Waals surface area contributed by atoms with Crippen LogP contribution in [0.2, 0.25) is 0 Å². The molecule has 0 radical (unpaired) electrons. The number of nitrogens with zero attached hydrogens (tertiary/aromatic N) is 1. The third kappa shape index (κ3) is 1.82. The first-order chi connectivity index (χ1) is 5.65. The van der Waals surface area contributed by atoms with Gasteiger partial charge in [0.25, 0.3) is 5.69 Å². The number of non-ortho nitro benzene ring substituents is 1. The predicted octanol–water partition coefficient (Wildman–Crippen LogP) is 2.80. The maximum absolute atomic E-state index is 10.4. The highest BCUT2D eigenvalue weighted by molar-refractivity contribution is 9.08. The number of rotatable bonds is 2. The molecule has 1 aromatic rings. The van der Waals surface area contributed by atoms with Crippen molar-refractivity contribution >= 4 is 21.6 Å². The van der Waals surface area contributed by atoms with Crippen molar-refractivity contribution in [3.05, 3.63) is 39.4 Å². The zero-order chi connectivity index (χ0) is 9.14. The van der Waals surface area contributed by atoms with Crippen LogP contribution < -0.4 is 0 Å². The normalized spacial score (nSPS) is 9.83. The number of nitro groups is 1. The summed E-state index contributed by atoms with van der Waals surface area (Å²) >= 11 is 3.27. The SMILES string of the molecule is Cc1ccc([N+](=O)[O-])cc1CBr. The standard InChI is InChI=1S/C8H8BrNO2/c1-6-2-3-8(10(11)12)4-7(6)5-9/h2-4H,5H2,1H3. The van der Waals surface area contributed by atoms with E-state index in [0.29, 0.717) is 5.33 Å². The molecule has 0 aromatic heterocycles. The minimum atomic E-state index is -0.383. The van der Waals surface area contributed by atoms with Crippen LogP contribution in [0.3, 0.4) is 0 Å². The Balaban J connectivity index is 3.13. The van der Waals surface area contributed by atoms with Crippen molar-refractivity contribution in [1.29, 1.82) is 0 Å². The van der Waals surface area contributed by atoms with E-state index in [9.17, 15) is 10.1 Å². The summed E-state index contributed by atoms with van der Waals surface area (Å²) in [7, 11) is 0. The van der Waals surface area contributed by atoms with E-state index in [1.807, 2.05) is 6.92 Å². The summed E-state index contributed by atoms with van der Waals surface area (Å²) in [6.45, 7) is 1.93. The van der Waals surface area contributed by atoms with Gasteiger partial charge in [0.2, 0.25) is 0 Å². The minimum Gasteiger partial charge on any atom is -0.258 e. The maximum atomic E-state index is 10.4. The highest BCUT2D eigenvalue weighted by atomic mass is 79.9. The molecule has 0 aliphatic heterocycles. The van der Waals surface area contributed by atoms with Gasteiger partial charge in [0.15, 0.2) is 0 Å². The molecule has 3 nitrogen and oxygen atoms in total. The monoisotopic (exact) mass is 229 g/mol. The molecular weight excluding hydrogens is 222 g/mol. The van der Waals surface area contributed by atoms with Gasteiger partial charge in [-0.3, -0.25) is 10.1 Å². The van der Waals surface area contributed by atoms with Gasteiger partial charge in [0.05, 0.1) is 4.92 Å². The molecule has 4 heteroatoms. The maximum Gasteiger partial charge on any atom is 0.269 e. The average molecular weight is 230 g/mol. The van der Waals surface area contributed by atoms with Gasteiger partial charge in [0.1, 0.15) is 0 Å². The second-order valence-corrected chi connectivity index (χ2v) is 3.06. The Hall–Kier alpha value is -0.900. The summed E-state index contributed by atoms with van der Waals surface area (Å²) in [6.07, 6.45) is 0. The van der Waals surface area contributed by atoms with Gasteiger partial charge in [-0.05, 0) is 18.1 Å². The second kappa shape index (κ2) is 3.67. The van der Waals surface area contributed by atoms with E-state index in [4.69, 9.17) is 0 Å². The highest BCUT2D eigenvalue weighted by Crippen LogP contribution is 2.18. The lowest BCUT2D eigenvalue weighted by molar-refractivity contribution is -0.384. The van der Waals surface area contributed by atoms with Crippen LogP contribution in [0.15, 0.2) is 18.2 Å². The van der Waals surface area contributed by atoms with Gasteiger partial charge in [-0.1, -0.05) is 22.0 Å². The van der Waals surface area contributed by atoms with Crippen molar-refractivity contribution in [3.63, 3.8) is 0 Å². The molecule has 1 rings (SSSR count). The number of halogens is 1. The van der Waals surface area contributed by atoms with E-state index in [-0.39, 0.29) is 10.6 Å². The molecule has 0 amide bonds. The first kappa shape index (κ1) is 9.19. The van der Waals surface area contributed by atoms with Gasteiger partial charge >= 0.3 is 0 Å². The van der Waals surface area contributed by atoms with Crippen molar-refractivity contribution in [2.24, 2.45) is 0 Å². The smallest absolute Gasteiger partial charge is 0.258 e. The zero-order valence-corrected chi connectivity index (χ0v) is 8.17. The van der Waals surface area contributed by atoms with E-state index in [2.05, 4.69) is 15.9 Å². The number of aryl methyl sites for hydroxylation is 1. The molecule has 12 heavy (non-hydrogen) atoms. The summed E-state index contributed by atoms with van der Waals surface area (Å²) in [4.78, 5) is 9.99. The Labute approximate surface area is 78.7 Å². The zero-order valence-electron chi connectivity index (χ0n) is 6.58. The Bertz CT molecular complexity index is 312. The summed E-state index contributed by atoms with van der Waals surface area (Å²) in [5.41, 5.74) is 2.18. The minimum absolute atomic E-state index is 0.148. The van der Waals surface area contributed by atoms with E-state index >= 15 is 0 Å². The van der Waals surface area contributed by atoms with E-state index < -0.39 is 0 Å². The third-order valence-electron chi connectivity index (χ3n) is 1.69. The number of hydrogen-bond acceptors (Lipinski definition) is 2. The molecule has 0 heterocycles. The molecule has 0 N–H and O–H groups in total. The van der Waals surface area contributed by atoms with Crippen LogP contribution in [-0.4, -0.2) is 4.92 Å². The summed E-state index contributed by atoms with van der Waals surface area (Å²) in [6, 6.07) is 4.86. The van der Waals surface area contributed by atoms with Gasteiger partial charge in [0, 0.05) is 17.5 Å². The van der Waals surface area contributed by atoms with Crippen LogP contribution in [0.1, 0.15) is 11.1 Å². The lowest BCUT2D eigenvalue weighted by Gasteiger charge is -1.99. The molecule has 1 aromatic carbocycles. The molecule has 0 aliphatic carbocycles. The highest BCUT2D eigenvalue weighted by Gasteiger charge is 2.06. The Morgan fingerprint density at radius 2 is 2.25 bits per heavy atom. The lowest BCUT2D eigenvalue weighted by atomic mass is 10.1. The number of benzene rings is 1. The van der Waals surface area contributed by atoms with E-state index in [0.717, 1.165) is 11.1 Å². The average Bonchev–Trinajstić information content (AvgIpc) is 2.05. The lowest BCUT2D eigenvalue weighted by Crippen LogP contribution is -1.91. The van der Waals surface area contributed by atoms with Gasteiger partial charge in [-0.2, -0.15) is 0 Å². The topological polar surface area (TPSA) is 43.1 Å². The van der Waals surface area contributed by atoms with Crippen molar-refractivity contribution in [2.75, 3.05) is 0 Å². The fourth-order valence-corrected chi connectivity index (χ4v) is 1.52.